The standard InChI is InChI=1S/C11H17BrN2OS/c1-4-9-11(12)10(14(5-2)13-9)6-8(15)7-16-3/h4-7H2,1-3H3. The number of Topliss-reactive ketones (excluding diaryl/α,β-unsaturated/α-hetero) is 1. The van der Waals surface area contributed by atoms with Crippen molar-refractivity contribution in [3.63, 3.8) is 0 Å². The van der Waals surface area contributed by atoms with E-state index < -0.39 is 0 Å². The van der Waals surface area contributed by atoms with Gasteiger partial charge >= 0.3 is 0 Å². The van der Waals surface area contributed by atoms with Crippen LogP contribution in [0.4, 0.5) is 0 Å². The summed E-state index contributed by atoms with van der Waals surface area (Å²) in [5.74, 6) is 0.827. The maximum absolute atomic E-state index is 11.6. The van der Waals surface area contributed by atoms with Crippen molar-refractivity contribution in [1.29, 1.82) is 0 Å². The van der Waals surface area contributed by atoms with E-state index >= 15 is 0 Å². The van der Waals surface area contributed by atoms with E-state index in [4.69, 9.17) is 0 Å². The minimum Gasteiger partial charge on any atom is -0.298 e. The first kappa shape index (κ1) is 13.8. The third-order valence-electron chi connectivity index (χ3n) is 2.36. The van der Waals surface area contributed by atoms with Gasteiger partial charge in [0, 0.05) is 6.54 Å². The smallest absolute Gasteiger partial charge is 0.148 e. The molecule has 0 aliphatic rings. The van der Waals surface area contributed by atoms with Gasteiger partial charge < -0.3 is 0 Å². The van der Waals surface area contributed by atoms with Gasteiger partial charge in [0.15, 0.2) is 0 Å². The van der Waals surface area contributed by atoms with Crippen LogP contribution in [0.5, 0.6) is 0 Å². The number of nitrogens with zero attached hydrogens (tertiary/aromatic N) is 2. The van der Waals surface area contributed by atoms with Crippen molar-refractivity contribution in [2.45, 2.75) is 33.2 Å². The third kappa shape index (κ3) is 3.10. The normalized spacial score (nSPS) is 10.8. The monoisotopic (exact) mass is 304 g/mol. The fraction of sp³-hybridized carbons (Fsp3) is 0.636. The predicted octanol–water partition coefficient (Wildman–Crippen LogP) is 2.70. The van der Waals surface area contributed by atoms with Crippen molar-refractivity contribution in [3.8, 4) is 0 Å². The quantitative estimate of drug-likeness (QED) is 0.810. The fourth-order valence-electron chi connectivity index (χ4n) is 1.58. The summed E-state index contributed by atoms with van der Waals surface area (Å²) in [5.41, 5.74) is 2.05. The van der Waals surface area contributed by atoms with Crippen LogP contribution in [0.3, 0.4) is 0 Å². The van der Waals surface area contributed by atoms with Crippen LogP contribution < -0.4 is 0 Å². The van der Waals surface area contributed by atoms with Crippen LogP contribution in [0, 0.1) is 0 Å². The lowest BCUT2D eigenvalue weighted by atomic mass is 10.2. The molecule has 1 aromatic heterocycles. The van der Waals surface area contributed by atoms with Crippen molar-refractivity contribution in [3.05, 3.63) is 15.9 Å². The van der Waals surface area contributed by atoms with E-state index in [1.54, 1.807) is 11.8 Å². The highest BCUT2D eigenvalue weighted by Crippen LogP contribution is 2.23. The molecular weight excluding hydrogens is 288 g/mol. The lowest BCUT2D eigenvalue weighted by Gasteiger charge is -2.04. The molecule has 16 heavy (non-hydrogen) atoms. The zero-order valence-electron chi connectivity index (χ0n) is 9.92. The fourth-order valence-corrected chi connectivity index (χ4v) is 2.71. The van der Waals surface area contributed by atoms with Gasteiger partial charge in [-0.3, -0.25) is 9.48 Å². The molecule has 1 heterocycles. The molecule has 0 radical (unpaired) electrons. The Balaban J connectivity index is 2.93. The van der Waals surface area contributed by atoms with Gasteiger partial charge in [-0.25, -0.2) is 0 Å². The van der Waals surface area contributed by atoms with Crippen LogP contribution in [0.1, 0.15) is 25.2 Å². The molecule has 0 saturated carbocycles. The summed E-state index contributed by atoms with van der Waals surface area (Å²) < 4.78 is 2.92. The van der Waals surface area contributed by atoms with Crippen molar-refractivity contribution in [1.82, 2.24) is 9.78 Å². The molecule has 1 aromatic rings. The van der Waals surface area contributed by atoms with E-state index in [0.717, 1.165) is 28.8 Å². The largest absolute Gasteiger partial charge is 0.298 e. The number of aromatic nitrogens is 2. The van der Waals surface area contributed by atoms with Crippen LogP contribution >= 0.6 is 27.7 Å². The summed E-state index contributed by atoms with van der Waals surface area (Å²) in [6.45, 7) is 4.92. The minimum absolute atomic E-state index is 0.255. The van der Waals surface area contributed by atoms with Gasteiger partial charge in [-0.15, -0.1) is 0 Å². The molecule has 5 heteroatoms. The van der Waals surface area contributed by atoms with E-state index in [1.807, 2.05) is 17.9 Å². The lowest BCUT2D eigenvalue weighted by Crippen LogP contribution is -2.11. The Labute approximate surface area is 109 Å². The summed E-state index contributed by atoms with van der Waals surface area (Å²) >= 11 is 5.11. The SMILES string of the molecule is CCc1nn(CC)c(CC(=O)CSC)c1Br. The van der Waals surface area contributed by atoms with Gasteiger partial charge in [0.05, 0.1) is 28.0 Å². The molecule has 0 unspecified atom stereocenters. The van der Waals surface area contributed by atoms with E-state index in [-0.39, 0.29) is 5.78 Å². The van der Waals surface area contributed by atoms with Crippen molar-refractivity contribution >= 4 is 33.5 Å². The Morgan fingerprint density at radius 3 is 2.69 bits per heavy atom. The van der Waals surface area contributed by atoms with E-state index in [1.165, 1.54) is 0 Å². The predicted molar refractivity (Wildman–Crippen MR) is 72.1 cm³/mol. The zero-order chi connectivity index (χ0) is 12.1. The molecule has 0 spiro atoms. The van der Waals surface area contributed by atoms with Crippen LogP contribution in [0.2, 0.25) is 0 Å². The van der Waals surface area contributed by atoms with Gasteiger partial charge in [0.1, 0.15) is 5.78 Å². The van der Waals surface area contributed by atoms with Crippen LogP contribution in [-0.4, -0.2) is 27.6 Å². The molecule has 0 N–H and O–H groups in total. The zero-order valence-corrected chi connectivity index (χ0v) is 12.3. The van der Waals surface area contributed by atoms with E-state index in [2.05, 4.69) is 28.0 Å². The third-order valence-corrected chi connectivity index (χ3v) is 3.89. The topological polar surface area (TPSA) is 34.9 Å². The molecule has 90 valence electrons. The van der Waals surface area contributed by atoms with Crippen LogP contribution in [0.15, 0.2) is 4.47 Å². The van der Waals surface area contributed by atoms with Gasteiger partial charge in [0.25, 0.3) is 0 Å². The first-order valence-corrected chi connectivity index (χ1v) is 7.57. The second-order valence-corrected chi connectivity index (χ2v) is 5.18. The summed E-state index contributed by atoms with van der Waals surface area (Å²) in [6, 6.07) is 0. The second-order valence-electron chi connectivity index (χ2n) is 3.53. The molecule has 0 aliphatic carbocycles. The summed E-state index contributed by atoms with van der Waals surface area (Å²) in [6.07, 6.45) is 3.31. The summed E-state index contributed by atoms with van der Waals surface area (Å²) in [5, 5.41) is 4.47. The molecule has 1 rings (SSSR count). The molecule has 0 saturated heterocycles. The van der Waals surface area contributed by atoms with Crippen molar-refractivity contribution in [2.24, 2.45) is 0 Å². The number of ketones is 1. The highest BCUT2D eigenvalue weighted by atomic mass is 79.9. The van der Waals surface area contributed by atoms with Crippen LogP contribution in [-0.2, 0) is 24.2 Å². The first-order valence-electron chi connectivity index (χ1n) is 5.38. The molecular formula is C11H17BrN2OS. The molecule has 3 nitrogen and oxygen atoms in total. The number of hydrogen-bond donors (Lipinski definition) is 0. The molecule has 0 amide bonds. The average Bonchev–Trinajstić information content (AvgIpc) is 2.56. The number of aryl methyl sites for hydroxylation is 2. The second kappa shape index (κ2) is 6.45. The van der Waals surface area contributed by atoms with E-state index in [9.17, 15) is 4.79 Å². The number of hydrogen-bond acceptors (Lipinski definition) is 3. The summed E-state index contributed by atoms with van der Waals surface area (Å²) in [4.78, 5) is 11.6. The molecule has 0 aromatic carbocycles. The van der Waals surface area contributed by atoms with Crippen molar-refractivity contribution < 1.29 is 4.79 Å². The highest BCUT2D eigenvalue weighted by molar-refractivity contribution is 9.10. The average molecular weight is 305 g/mol. The Kier molecular flexibility index (Phi) is 5.55. The summed E-state index contributed by atoms with van der Waals surface area (Å²) in [7, 11) is 0. The Hall–Kier alpha value is -0.290. The highest BCUT2D eigenvalue weighted by Gasteiger charge is 2.16. The number of halogens is 1. The number of carbonyl (C=O) groups excluding carboxylic acids is 1. The van der Waals surface area contributed by atoms with Crippen molar-refractivity contribution in [2.75, 3.05) is 12.0 Å². The molecule has 0 fully saturated rings. The maximum Gasteiger partial charge on any atom is 0.148 e. The lowest BCUT2D eigenvalue weighted by molar-refractivity contribution is -0.116. The van der Waals surface area contributed by atoms with Crippen LogP contribution in [0.25, 0.3) is 0 Å². The number of thioether (sulfide) groups is 1. The minimum atomic E-state index is 0.255. The number of rotatable bonds is 6. The van der Waals surface area contributed by atoms with Gasteiger partial charge in [0.2, 0.25) is 0 Å². The van der Waals surface area contributed by atoms with Gasteiger partial charge in [-0.1, -0.05) is 6.92 Å². The molecule has 0 atom stereocenters. The first-order chi connectivity index (χ1) is 7.63. The van der Waals surface area contributed by atoms with Gasteiger partial charge in [-0.2, -0.15) is 16.9 Å². The van der Waals surface area contributed by atoms with Gasteiger partial charge in [-0.05, 0) is 35.5 Å². The number of carbonyl (C=O) groups is 1. The molecule has 0 bridgehead atoms. The Bertz CT molecular complexity index is 376. The molecule has 0 aliphatic heterocycles. The maximum atomic E-state index is 11.6. The Morgan fingerprint density at radius 1 is 1.50 bits per heavy atom. The Morgan fingerprint density at radius 2 is 2.19 bits per heavy atom. The van der Waals surface area contributed by atoms with E-state index in [0.29, 0.717) is 12.2 Å².